The van der Waals surface area contributed by atoms with Crippen LogP contribution < -0.4 is 10.0 Å². The molecule has 2 aromatic carbocycles. The first kappa shape index (κ1) is 16.8. The third-order valence-electron chi connectivity index (χ3n) is 2.78. The van der Waals surface area contributed by atoms with Crippen molar-refractivity contribution < 1.29 is 8.42 Å². The fourth-order valence-corrected chi connectivity index (χ4v) is 3.21. The average molecular weight is 383 g/mol. The molecule has 0 bridgehead atoms. The molecular formula is C16H19BrN2O2S. The first-order chi connectivity index (χ1) is 10.2. The number of nitrogens with one attached hydrogen (secondary N) is 2. The Morgan fingerprint density at radius 1 is 0.864 bits per heavy atom. The Balaban J connectivity index is 2.14. The summed E-state index contributed by atoms with van der Waals surface area (Å²) in [7, 11) is -3.57. The number of sulfonamides is 1. The molecule has 0 amide bonds. The zero-order valence-corrected chi connectivity index (χ0v) is 15.1. The SMILES string of the molecule is CC(C)(C)Nc1ccc(NS(=O)(=O)c2ccc(Br)cc2)cc1. The Bertz CT molecular complexity index is 733. The zero-order chi connectivity index (χ0) is 16.4. The number of hydrogen-bond acceptors (Lipinski definition) is 3. The molecule has 2 rings (SSSR count). The highest BCUT2D eigenvalue weighted by Gasteiger charge is 2.14. The lowest BCUT2D eigenvalue weighted by Crippen LogP contribution is -2.25. The van der Waals surface area contributed by atoms with E-state index in [1.807, 2.05) is 12.1 Å². The second kappa shape index (κ2) is 6.30. The van der Waals surface area contributed by atoms with Crippen molar-refractivity contribution in [2.24, 2.45) is 0 Å². The molecule has 0 fully saturated rings. The molecule has 6 heteroatoms. The number of benzene rings is 2. The molecule has 0 aliphatic carbocycles. The normalized spacial score (nSPS) is 12.0. The fourth-order valence-electron chi connectivity index (χ4n) is 1.88. The quantitative estimate of drug-likeness (QED) is 0.820. The molecule has 0 atom stereocenters. The molecule has 0 aliphatic heterocycles. The fraction of sp³-hybridized carbons (Fsp3) is 0.250. The van der Waals surface area contributed by atoms with Gasteiger partial charge in [-0.05, 0) is 69.3 Å². The summed E-state index contributed by atoms with van der Waals surface area (Å²) in [5.74, 6) is 0. The number of anilines is 2. The standard InChI is InChI=1S/C16H19BrN2O2S/c1-16(2,3)18-13-6-8-14(9-7-13)19-22(20,21)15-10-4-12(17)5-11-15/h4-11,18-19H,1-3H3. The average Bonchev–Trinajstić information content (AvgIpc) is 2.39. The van der Waals surface area contributed by atoms with Gasteiger partial charge in [-0.3, -0.25) is 4.72 Å². The van der Waals surface area contributed by atoms with Crippen molar-refractivity contribution in [3.05, 3.63) is 53.0 Å². The first-order valence-corrected chi connectivity index (χ1v) is 9.10. The van der Waals surface area contributed by atoms with Crippen LogP contribution in [0.1, 0.15) is 20.8 Å². The van der Waals surface area contributed by atoms with Crippen molar-refractivity contribution in [1.82, 2.24) is 0 Å². The van der Waals surface area contributed by atoms with E-state index < -0.39 is 10.0 Å². The van der Waals surface area contributed by atoms with Crippen LogP contribution in [0.5, 0.6) is 0 Å². The third-order valence-corrected chi connectivity index (χ3v) is 4.71. The van der Waals surface area contributed by atoms with E-state index in [1.54, 1.807) is 36.4 Å². The molecule has 2 aromatic rings. The summed E-state index contributed by atoms with van der Waals surface area (Å²) >= 11 is 3.29. The van der Waals surface area contributed by atoms with E-state index in [4.69, 9.17) is 0 Å². The van der Waals surface area contributed by atoms with Crippen molar-refractivity contribution >= 4 is 37.3 Å². The number of hydrogen-bond donors (Lipinski definition) is 2. The Morgan fingerprint density at radius 3 is 1.86 bits per heavy atom. The maximum atomic E-state index is 12.3. The van der Waals surface area contributed by atoms with E-state index in [9.17, 15) is 8.42 Å². The van der Waals surface area contributed by atoms with Gasteiger partial charge in [-0.15, -0.1) is 0 Å². The third kappa shape index (κ3) is 4.74. The smallest absolute Gasteiger partial charge is 0.261 e. The lowest BCUT2D eigenvalue weighted by atomic mass is 10.1. The topological polar surface area (TPSA) is 58.2 Å². The molecule has 4 nitrogen and oxygen atoms in total. The Kier molecular flexibility index (Phi) is 4.82. The molecule has 0 saturated heterocycles. The van der Waals surface area contributed by atoms with Crippen LogP contribution in [0.25, 0.3) is 0 Å². The predicted molar refractivity (Wildman–Crippen MR) is 94.8 cm³/mol. The van der Waals surface area contributed by atoms with Crippen LogP contribution >= 0.6 is 15.9 Å². The van der Waals surface area contributed by atoms with Gasteiger partial charge in [0, 0.05) is 21.4 Å². The van der Waals surface area contributed by atoms with Crippen LogP contribution in [0.2, 0.25) is 0 Å². The highest BCUT2D eigenvalue weighted by atomic mass is 79.9. The second-order valence-electron chi connectivity index (χ2n) is 6.01. The van der Waals surface area contributed by atoms with Gasteiger partial charge in [-0.1, -0.05) is 15.9 Å². The minimum Gasteiger partial charge on any atom is -0.380 e. The summed E-state index contributed by atoms with van der Waals surface area (Å²) < 4.78 is 28.0. The van der Waals surface area contributed by atoms with Crippen LogP contribution in [-0.2, 0) is 10.0 Å². The van der Waals surface area contributed by atoms with Crippen molar-refractivity contribution in [1.29, 1.82) is 0 Å². The summed E-state index contributed by atoms with van der Waals surface area (Å²) in [6, 6.07) is 13.7. The molecule has 0 aromatic heterocycles. The molecule has 0 radical (unpaired) electrons. The van der Waals surface area contributed by atoms with Crippen LogP contribution in [-0.4, -0.2) is 14.0 Å². The van der Waals surface area contributed by atoms with Gasteiger partial charge in [0.15, 0.2) is 0 Å². The van der Waals surface area contributed by atoms with Gasteiger partial charge in [0.25, 0.3) is 10.0 Å². The molecule has 0 aliphatic rings. The van der Waals surface area contributed by atoms with Gasteiger partial charge < -0.3 is 5.32 Å². The highest BCUT2D eigenvalue weighted by molar-refractivity contribution is 9.10. The monoisotopic (exact) mass is 382 g/mol. The molecule has 22 heavy (non-hydrogen) atoms. The molecule has 0 spiro atoms. The number of halogens is 1. The Hall–Kier alpha value is -1.53. The van der Waals surface area contributed by atoms with Gasteiger partial charge in [0.2, 0.25) is 0 Å². The second-order valence-corrected chi connectivity index (χ2v) is 8.61. The molecule has 0 unspecified atom stereocenters. The van der Waals surface area contributed by atoms with E-state index in [0.717, 1.165) is 10.2 Å². The summed E-state index contributed by atoms with van der Waals surface area (Å²) in [6.45, 7) is 6.20. The van der Waals surface area contributed by atoms with Crippen LogP contribution in [0.15, 0.2) is 57.9 Å². The van der Waals surface area contributed by atoms with Crippen molar-refractivity contribution in [2.45, 2.75) is 31.2 Å². The van der Waals surface area contributed by atoms with Gasteiger partial charge in [-0.2, -0.15) is 0 Å². The van der Waals surface area contributed by atoms with Gasteiger partial charge in [0.05, 0.1) is 4.90 Å². The van der Waals surface area contributed by atoms with Gasteiger partial charge in [0.1, 0.15) is 0 Å². The first-order valence-electron chi connectivity index (χ1n) is 6.82. The van der Waals surface area contributed by atoms with E-state index in [2.05, 4.69) is 46.7 Å². The highest BCUT2D eigenvalue weighted by Crippen LogP contribution is 2.21. The molecule has 0 saturated carbocycles. The Morgan fingerprint density at radius 2 is 1.36 bits per heavy atom. The molecule has 118 valence electrons. The van der Waals surface area contributed by atoms with E-state index in [1.165, 1.54) is 0 Å². The Labute approximate surface area is 140 Å². The predicted octanol–water partition coefficient (Wildman–Crippen LogP) is 4.46. The van der Waals surface area contributed by atoms with Crippen molar-refractivity contribution in [2.75, 3.05) is 10.0 Å². The van der Waals surface area contributed by atoms with Crippen LogP contribution in [0, 0.1) is 0 Å². The minimum atomic E-state index is -3.57. The summed E-state index contributed by atoms with van der Waals surface area (Å²) in [5.41, 5.74) is 1.43. The zero-order valence-electron chi connectivity index (χ0n) is 12.7. The van der Waals surface area contributed by atoms with E-state index in [-0.39, 0.29) is 10.4 Å². The van der Waals surface area contributed by atoms with E-state index >= 15 is 0 Å². The maximum absolute atomic E-state index is 12.3. The molecule has 0 heterocycles. The largest absolute Gasteiger partial charge is 0.380 e. The van der Waals surface area contributed by atoms with Crippen molar-refractivity contribution in [3.8, 4) is 0 Å². The number of rotatable bonds is 4. The van der Waals surface area contributed by atoms with Crippen LogP contribution in [0.4, 0.5) is 11.4 Å². The molecule has 2 N–H and O–H groups in total. The lowest BCUT2D eigenvalue weighted by Gasteiger charge is -2.22. The summed E-state index contributed by atoms with van der Waals surface area (Å²) in [6.07, 6.45) is 0. The summed E-state index contributed by atoms with van der Waals surface area (Å²) in [5, 5.41) is 3.33. The van der Waals surface area contributed by atoms with Crippen LogP contribution in [0.3, 0.4) is 0 Å². The maximum Gasteiger partial charge on any atom is 0.261 e. The minimum absolute atomic E-state index is 0.0432. The summed E-state index contributed by atoms with van der Waals surface area (Å²) in [4.78, 5) is 0.229. The lowest BCUT2D eigenvalue weighted by molar-refractivity contribution is 0.601. The molecular weight excluding hydrogens is 364 g/mol. The van der Waals surface area contributed by atoms with Gasteiger partial charge in [-0.25, -0.2) is 8.42 Å². The van der Waals surface area contributed by atoms with Crippen molar-refractivity contribution in [3.63, 3.8) is 0 Å². The van der Waals surface area contributed by atoms with E-state index in [0.29, 0.717) is 5.69 Å². The van der Waals surface area contributed by atoms with Gasteiger partial charge >= 0.3 is 0 Å².